The Balaban J connectivity index is 1.54. The molecule has 1 saturated heterocycles. The second kappa shape index (κ2) is 8.68. The van der Waals surface area contributed by atoms with Gasteiger partial charge >= 0.3 is 0 Å². The van der Waals surface area contributed by atoms with E-state index in [9.17, 15) is 9.59 Å². The first-order valence-corrected chi connectivity index (χ1v) is 9.10. The van der Waals surface area contributed by atoms with E-state index in [-0.39, 0.29) is 11.8 Å². The number of nitrogens with zero attached hydrogens (tertiary/aromatic N) is 2. The van der Waals surface area contributed by atoms with Crippen molar-refractivity contribution in [3.63, 3.8) is 0 Å². The van der Waals surface area contributed by atoms with E-state index in [4.69, 9.17) is 4.74 Å². The average molecular weight is 371 g/mol. The Labute approximate surface area is 158 Å². The van der Waals surface area contributed by atoms with Crippen molar-refractivity contribution in [3.8, 4) is 5.75 Å². The van der Waals surface area contributed by atoms with Crippen LogP contribution in [0.5, 0.6) is 5.75 Å². The zero-order chi connectivity index (χ0) is 19.1. The smallest absolute Gasteiger partial charge is 0.248 e. The van der Waals surface area contributed by atoms with Gasteiger partial charge in [-0.2, -0.15) is 5.10 Å². The molecule has 1 aromatic carbocycles. The van der Waals surface area contributed by atoms with E-state index in [0.717, 1.165) is 13.1 Å². The third kappa shape index (κ3) is 4.65. The molecule has 8 nitrogen and oxygen atoms in total. The van der Waals surface area contributed by atoms with Crippen molar-refractivity contribution in [3.05, 3.63) is 42.7 Å². The monoisotopic (exact) mass is 371 g/mol. The second-order valence-corrected chi connectivity index (χ2v) is 6.55. The molecule has 1 aromatic heterocycles. The van der Waals surface area contributed by atoms with E-state index in [1.165, 1.54) is 6.92 Å². The van der Waals surface area contributed by atoms with Crippen LogP contribution in [0.3, 0.4) is 0 Å². The largest absolute Gasteiger partial charge is 0.492 e. The number of amides is 2. The van der Waals surface area contributed by atoms with Crippen LogP contribution in [0, 0.1) is 0 Å². The number of nitrogens with one attached hydrogen (secondary N) is 3. The van der Waals surface area contributed by atoms with Gasteiger partial charge in [-0.05, 0) is 44.1 Å². The van der Waals surface area contributed by atoms with Gasteiger partial charge in [-0.15, -0.1) is 0 Å². The lowest BCUT2D eigenvalue weighted by atomic mass is 9.87. The zero-order valence-electron chi connectivity index (χ0n) is 15.4. The normalized spacial score (nSPS) is 15.7. The van der Waals surface area contributed by atoms with E-state index in [1.54, 1.807) is 29.1 Å². The van der Waals surface area contributed by atoms with Crippen molar-refractivity contribution in [2.75, 3.05) is 31.6 Å². The number of carbonyl (C=O) groups excluding carboxylic acids is 2. The minimum absolute atomic E-state index is 0.0386. The summed E-state index contributed by atoms with van der Waals surface area (Å²) in [5.74, 6) is 0.466. The Morgan fingerprint density at radius 3 is 2.81 bits per heavy atom. The molecule has 0 spiro atoms. The zero-order valence-corrected chi connectivity index (χ0v) is 15.4. The first-order valence-electron chi connectivity index (χ1n) is 9.10. The van der Waals surface area contributed by atoms with Gasteiger partial charge in [0.05, 0.1) is 6.54 Å². The van der Waals surface area contributed by atoms with Gasteiger partial charge < -0.3 is 20.7 Å². The molecule has 2 aromatic rings. The molecule has 144 valence electrons. The number of piperidine rings is 1. The summed E-state index contributed by atoms with van der Waals surface area (Å²) in [6.07, 6.45) is 4.93. The van der Waals surface area contributed by atoms with Crippen molar-refractivity contribution in [2.24, 2.45) is 0 Å². The highest BCUT2D eigenvalue weighted by Crippen LogP contribution is 2.27. The van der Waals surface area contributed by atoms with Crippen LogP contribution in [0.25, 0.3) is 0 Å². The molecule has 0 bridgehead atoms. The molecule has 1 aliphatic rings. The van der Waals surface area contributed by atoms with Crippen LogP contribution in [0.4, 0.5) is 5.69 Å². The Bertz CT molecular complexity index is 769. The number of hydrogen-bond acceptors (Lipinski definition) is 5. The summed E-state index contributed by atoms with van der Waals surface area (Å²) >= 11 is 0. The van der Waals surface area contributed by atoms with Gasteiger partial charge in [0, 0.05) is 31.1 Å². The number of ether oxygens (including phenoxy) is 1. The molecule has 1 fully saturated rings. The lowest BCUT2D eigenvalue weighted by Crippen LogP contribution is -2.55. The van der Waals surface area contributed by atoms with Crippen LogP contribution < -0.4 is 20.7 Å². The van der Waals surface area contributed by atoms with Crippen molar-refractivity contribution >= 4 is 17.5 Å². The number of benzene rings is 1. The van der Waals surface area contributed by atoms with E-state index >= 15 is 0 Å². The predicted octanol–water partition coefficient (Wildman–Crippen LogP) is 1.12. The molecule has 0 atom stereocenters. The van der Waals surface area contributed by atoms with Crippen molar-refractivity contribution in [1.82, 2.24) is 20.4 Å². The maximum absolute atomic E-state index is 12.9. The number of aromatic nitrogens is 2. The first kappa shape index (κ1) is 18.9. The van der Waals surface area contributed by atoms with Crippen LogP contribution in [0.1, 0.15) is 19.8 Å². The van der Waals surface area contributed by atoms with Gasteiger partial charge in [0.25, 0.3) is 0 Å². The van der Waals surface area contributed by atoms with E-state index < -0.39 is 5.54 Å². The SMILES string of the molecule is CC(=O)Nc1cccc(OCCNC(=O)C2(n3cccn3)CCNCC2)c1. The van der Waals surface area contributed by atoms with Gasteiger partial charge in [-0.25, -0.2) is 0 Å². The van der Waals surface area contributed by atoms with Crippen molar-refractivity contribution in [1.29, 1.82) is 0 Å². The summed E-state index contributed by atoms with van der Waals surface area (Å²) in [7, 11) is 0. The molecule has 0 aliphatic carbocycles. The summed E-state index contributed by atoms with van der Waals surface area (Å²) in [6.45, 7) is 3.74. The summed E-state index contributed by atoms with van der Waals surface area (Å²) < 4.78 is 7.45. The quantitative estimate of drug-likeness (QED) is 0.634. The Kier molecular flexibility index (Phi) is 6.08. The van der Waals surface area contributed by atoms with Gasteiger partial charge in [-0.1, -0.05) is 6.07 Å². The molecule has 2 amide bonds. The highest BCUT2D eigenvalue weighted by atomic mass is 16.5. The van der Waals surface area contributed by atoms with Crippen LogP contribution in [-0.4, -0.2) is 47.8 Å². The highest BCUT2D eigenvalue weighted by Gasteiger charge is 2.41. The van der Waals surface area contributed by atoms with Crippen LogP contribution in [0.15, 0.2) is 42.7 Å². The molecule has 3 rings (SSSR count). The Hall–Kier alpha value is -2.87. The maximum Gasteiger partial charge on any atom is 0.248 e. The lowest BCUT2D eigenvalue weighted by Gasteiger charge is -2.36. The molecule has 3 N–H and O–H groups in total. The van der Waals surface area contributed by atoms with Crippen molar-refractivity contribution in [2.45, 2.75) is 25.3 Å². The summed E-state index contributed by atoms with van der Waals surface area (Å²) in [5, 5.41) is 13.3. The summed E-state index contributed by atoms with van der Waals surface area (Å²) in [4.78, 5) is 24.0. The topological polar surface area (TPSA) is 97.3 Å². The molecule has 0 radical (unpaired) electrons. The second-order valence-electron chi connectivity index (χ2n) is 6.55. The highest BCUT2D eigenvalue weighted by molar-refractivity contribution is 5.88. The first-order chi connectivity index (χ1) is 13.1. The Morgan fingerprint density at radius 1 is 1.30 bits per heavy atom. The number of carbonyl (C=O) groups is 2. The molecule has 8 heteroatoms. The molecule has 0 unspecified atom stereocenters. The average Bonchev–Trinajstić information content (AvgIpc) is 3.21. The fourth-order valence-electron chi connectivity index (χ4n) is 3.29. The number of rotatable bonds is 7. The summed E-state index contributed by atoms with van der Waals surface area (Å²) in [6, 6.07) is 9.00. The molecular formula is C19H25N5O3. The van der Waals surface area contributed by atoms with Gasteiger partial charge in [0.15, 0.2) is 0 Å². The third-order valence-electron chi connectivity index (χ3n) is 4.61. The van der Waals surface area contributed by atoms with E-state index in [1.807, 2.05) is 18.3 Å². The standard InChI is InChI=1S/C19H25N5O3/c1-15(25)23-16-4-2-5-17(14-16)27-13-11-21-18(26)19(6-9-20-10-7-19)24-12-3-8-22-24/h2-5,8,12,14,20H,6-7,9-11,13H2,1H3,(H,21,26)(H,23,25). The van der Waals surface area contributed by atoms with Crippen LogP contribution in [-0.2, 0) is 15.1 Å². The van der Waals surface area contributed by atoms with Gasteiger partial charge in [0.2, 0.25) is 11.8 Å². The third-order valence-corrected chi connectivity index (χ3v) is 4.61. The van der Waals surface area contributed by atoms with Crippen LogP contribution >= 0.6 is 0 Å². The molecule has 1 aliphatic heterocycles. The molecular weight excluding hydrogens is 346 g/mol. The number of hydrogen-bond donors (Lipinski definition) is 3. The maximum atomic E-state index is 12.9. The Morgan fingerprint density at radius 2 is 2.11 bits per heavy atom. The van der Waals surface area contributed by atoms with Gasteiger partial charge in [-0.3, -0.25) is 14.3 Å². The molecule has 2 heterocycles. The minimum Gasteiger partial charge on any atom is -0.492 e. The summed E-state index contributed by atoms with van der Waals surface area (Å²) in [5.41, 5.74) is 0.0245. The van der Waals surface area contributed by atoms with E-state index in [2.05, 4.69) is 21.0 Å². The van der Waals surface area contributed by atoms with Crippen molar-refractivity contribution < 1.29 is 14.3 Å². The molecule has 27 heavy (non-hydrogen) atoms. The fourth-order valence-corrected chi connectivity index (χ4v) is 3.29. The van der Waals surface area contributed by atoms with E-state index in [0.29, 0.717) is 37.4 Å². The lowest BCUT2D eigenvalue weighted by molar-refractivity contribution is -0.132. The van der Waals surface area contributed by atoms with Gasteiger partial charge in [0.1, 0.15) is 17.9 Å². The minimum atomic E-state index is -0.653. The number of anilines is 1. The fraction of sp³-hybridized carbons (Fsp3) is 0.421. The molecule has 0 saturated carbocycles. The predicted molar refractivity (Wildman–Crippen MR) is 102 cm³/mol. The van der Waals surface area contributed by atoms with Crippen LogP contribution in [0.2, 0.25) is 0 Å².